The highest BCUT2D eigenvalue weighted by molar-refractivity contribution is 5.27. The predicted octanol–water partition coefficient (Wildman–Crippen LogP) is 7.26. The zero-order chi connectivity index (χ0) is 19.2. The van der Waals surface area contributed by atoms with Gasteiger partial charge in [0, 0.05) is 0 Å². The van der Waals surface area contributed by atoms with E-state index in [1.807, 2.05) is 0 Å². The van der Waals surface area contributed by atoms with Crippen LogP contribution in [-0.4, -0.2) is 18.8 Å². The summed E-state index contributed by atoms with van der Waals surface area (Å²) < 4.78 is 11.1. The highest BCUT2D eigenvalue weighted by Crippen LogP contribution is 2.27. The first-order chi connectivity index (χ1) is 13.2. The lowest BCUT2D eigenvalue weighted by molar-refractivity contribution is 0.202. The van der Waals surface area contributed by atoms with Gasteiger partial charge in [0.25, 0.3) is 0 Å². The summed E-state index contributed by atoms with van der Waals surface area (Å²) in [5.41, 5.74) is 1.38. The molecule has 0 aromatic heterocycles. The van der Waals surface area contributed by atoms with Crippen LogP contribution < -0.4 is 4.74 Å². The Morgan fingerprint density at radius 1 is 0.889 bits per heavy atom. The molecule has 0 saturated carbocycles. The van der Waals surface area contributed by atoms with Crippen LogP contribution in [0.4, 0.5) is 0 Å². The molecule has 27 heavy (non-hydrogen) atoms. The molecule has 1 aromatic rings. The monoisotopic (exact) mass is 372 g/mol. The van der Waals surface area contributed by atoms with Crippen molar-refractivity contribution in [2.24, 2.45) is 0 Å². The van der Waals surface area contributed by atoms with E-state index in [0.29, 0.717) is 6.61 Å². The van der Waals surface area contributed by atoms with Crippen molar-refractivity contribution in [2.75, 3.05) is 13.2 Å². The van der Waals surface area contributed by atoms with E-state index in [1.54, 1.807) is 0 Å². The van der Waals surface area contributed by atoms with Crippen LogP contribution >= 0.6 is 0 Å². The second-order valence-corrected chi connectivity index (χ2v) is 8.30. The van der Waals surface area contributed by atoms with Gasteiger partial charge in [0.2, 0.25) is 0 Å². The third-order valence-electron chi connectivity index (χ3n) is 5.33. The highest BCUT2D eigenvalue weighted by atomic mass is 16.6. The van der Waals surface area contributed by atoms with Crippen LogP contribution in [0.2, 0.25) is 0 Å². The smallest absolute Gasteiger partial charge is 0.123 e. The molecule has 1 fully saturated rings. The van der Waals surface area contributed by atoms with Crippen molar-refractivity contribution in [3.8, 4) is 5.75 Å². The summed E-state index contributed by atoms with van der Waals surface area (Å²) in [6.45, 7) is 5.84. The van der Waals surface area contributed by atoms with Crippen molar-refractivity contribution < 1.29 is 9.47 Å². The van der Waals surface area contributed by atoms with E-state index in [2.05, 4.69) is 50.3 Å². The standard InChI is InChI=1S/C25H40O2/c1-3-4-5-6-7-8-9-10-11-12-13-14-15-16-23-17-19-24(20-18-23)26-21-25(2)22-27-25/h9-10,17-20H,3-8,11-16,21-22H2,1-2H3/b10-9+. The summed E-state index contributed by atoms with van der Waals surface area (Å²) in [5.74, 6) is 0.952. The lowest BCUT2D eigenvalue weighted by Gasteiger charge is -2.09. The second kappa shape index (κ2) is 13.0. The molecule has 0 aliphatic carbocycles. The van der Waals surface area contributed by atoms with E-state index in [9.17, 15) is 0 Å². The Kier molecular flexibility index (Phi) is 10.6. The molecule has 1 saturated heterocycles. The summed E-state index contributed by atoms with van der Waals surface area (Å²) in [4.78, 5) is 0. The lowest BCUT2D eigenvalue weighted by atomic mass is 10.0. The molecular formula is C25H40O2. The predicted molar refractivity (Wildman–Crippen MR) is 116 cm³/mol. The van der Waals surface area contributed by atoms with Gasteiger partial charge < -0.3 is 9.47 Å². The fourth-order valence-electron chi connectivity index (χ4n) is 3.24. The number of aryl methyl sites for hydroxylation is 1. The first-order valence-corrected chi connectivity index (χ1v) is 11.2. The van der Waals surface area contributed by atoms with E-state index < -0.39 is 0 Å². The Morgan fingerprint density at radius 2 is 1.48 bits per heavy atom. The molecule has 0 amide bonds. The van der Waals surface area contributed by atoms with Gasteiger partial charge >= 0.3 is 0 Å². The molecular weight excluding hydrogens is 332 g/mol. The molecule has 152 valence electrons. The minimum Gasteiger partial charge on any atom is -0.491 e. The number of rotatable bonds is 16. The van der Waals surface area contributed by atoms with E-state index in [4.69, 9.17) is 9.47 Å². The Morgan fingerprint density at radius 3 is 2.07 bits per heavy atom. The summed E-state index contributed by atoms with van der Waals surface area (Å²) in [6, 6.07) is 8.59. The number of hydrogen-bond acceptors (Lipinski definition) is 2. The van der Waals surface area contributed by atoms with E-state index in [0.717, 1.165) is 12.4 Å². The quantitative estimate of drug-likeness (QED) is 0.173. The second-order valence-electron chi connectivity index (χ2n) is 8.30. The fourth-order valence-corrected chi connectivity index (χ4v) is 3.24. The van der Waals surface area contributed by atoms with Crippen LogP contribution in [0.1, 0.15) is 90.0 Å². The van der Waals surface area contributed by atoms with Gasteiger partial charge in [-0.15, -0.1) is 0 Å². The number of ether oxygens (including phenoxy) is 2. The van der Waals surface area contributed by atoms with Crippen LogP contribution in [0.3, 0.4) is 0 Å². The van der Waals surface area contributed by atoms with Gasteiger partial charge in [0.05, 0.1) is 6.61 Å². The minimum absolute atomic E-state index is 0.0392. The zero-order valence-electron chi connectivity index (χ0n) is 17.7. The first kappa shape index (κ1) is 22.0. The number of epoxide rings is 1. The third kappa shape index (κ3) is 10.6. The average Bonchev–Trinajstić information content (AvgIpc) is 3.42. The van der Waals surface area contributed by atoms with Gasteiger partial charge in [0.15, 0.2) is 0 Å². The summed E-state index contributed by atoms with van der Waals surface area (Å²) in [5, 5.41) is 0. The van der Waals surface area contributed by atoms with E-state index in [-0.39, 0.29) is 5.60 Å². The molecule has 1 unspecified atom stereocenters. The summed E-state index contributed by atoms with van der Waals surface area (Å²) in [7, 11) is 0. The summed E-state index contributed by atoms with van der Waals surface area (Å²) >= 11 is 0. The largest absolute Gasteiger partial charge is 0.491 e. The number of benzene rings is 1. The van der Waals surface area contributed by atoms with Gasteiger partial charge in [-0.1, -0.05) is 69.7 Å². The normalized spacial score (nSPS) is 18.9. The number of hydrogen-bond donors (Lipinski definition) is 0. The van der Waals surface area contributed by atoms with Crippen LogP contribution in [0.25, 0.3) is 0 Å². The number of allylic oxidation sites excluding steroid dienone is 2. The molecule has 1 aliphatic rings. The molecule has 2 rings (SSSR count). The molecule has 0 radical (unpaired) electrons. The van der Waals surface area contributed by atoms with Crippen molar-refractivity contribution in [1.82, 2.24) is 0 Å². The fraction of sp³-hybridized carbons (Fsp3) is 0.680. The van der Waals surface area contributed by atoms with Crippen LogP contribution in [-0.2, 0) is 11.2 Å². The zero-order valence-corrected chi connectivity index (χ0v) is 17.7. The van der Waals surface area contributed by atoms with E-state index in [1.165, 1.54) is 82.6 Å². The van der Waals surface area contributed by atoms with Gasteiger partial charge in [-0.3, -0.25) is 0 Å². The molecule has 0 N–H and O–H groups in total. The maximum Gasteiger partial charge on any atom is 0.123 e. The Bertz CT molecular complexity index is 514. The lowest BCUT2D eigenvalue weighted by Crippen LogP contribution is -2.16. The van der Waals surface area contributed by atoms with Crippen molar-refractivity contribution in [3.63, 3.8) is 0 Å². The average molecular weight is 373 g/mol. The van der Waals surface area contributed by atoms with Crippen molar-refractivity contribution >= 4 is 0 Å². The van der Waals surface area contributed by atoms with Crippen molar-refractivity contribution in [1.29, 1.82) is 0 Å². The molecule has 1 aliphatic heterocycles. The van der Waals surface area contributed by atoms with Gasteiger partial charge in [0.1, 0.15) is 18.0 Å². The van der Waals surface area contributed by atoms with Crippen LogP contribution in [0.5, 0.6) is 5.75 Å². The summed E-state index contributed by atoms with van der Waals surface area (Å²) in [6.07, 6.45) is 20.7. The van der Waals surface area contributed by atoms with Crippen molar-refractivity contribution in [2.45, 2.75) is 96.5 Å². The highest BCUT2D eigenvalue weighted by Gasteiger charge is 2.40. The first-order valence-electron chi connectivity index (χ1n) is 11.2. The van der Waals surface area contributed by atoms with E-state index >= 15 is 0 Å². The SMILES string of the molecule is CCCCCCC/C=C/CCCCCCc1ccc(OCC2(C)CO2)cc1. The molecule has 2 nitrogen and oxygen atoms in total. The molecule has 1 heterocycles. The minimum atomic E-state index is -0.0392. The maximum atomic E-state index is 5.78. The molecule has 1 atom stereocenters. The van der Waals surface area contributed by atoms with Gasteiger partial charge in [-0.25, -0.2) is 0 Å². The van der Waals surface area contributed by atoms with Gasteiger partial charge in [-0.2, -0.15) is 0 Å². The number of unbranched alkanes of at least 4 members (excludes halogenated alkanes) is 9. The Labute approximate surface area is 167 Å². The molecule has 2 heteroatoms. The molecule has 1 aromatic carbocycles. The molecule has 0 spiro atoms. The topological polar surface area (TPSA) is 21.8 Å². The van der Waals surface area contributed by atoms with Crippen LogP contribution in [0.15, 0.2) is 36.4 Å². The maximum absolute atomic E-state index is 5.78. The molecule has 0 bridgehead atoms. The van der Waals surface area contributed by atoms with Crippen molar-refractivity contribution in [3.05, 3.63) is 42.0 Å². The Hall–Kier alpha value is -1.28. The Balaban J connectivity index is 1.41. The third-order valence-corrected chi connectivity index (χ3v) is 5.33. The van der Waals surface area contributed by atoms with Crippen LogP contribution in [0, 0.1) is 0 Å². The van der Waals surface area contributed by atoms with Gasteiger partial charge in [-0.05, 0) is 63.1 Å².